The van der Waals surface area contributed by atoms with Crippen molar-refractivity contribution < 1.29 is 0 Å². The maximum Gasteiger partial charge on any atom is 0.0758 e. The number of aromatic nitrogens is 1. The zero-order valence-corrected chi connectivity index (χ0v) is 10.7. The third-order valence-electron chi connectivity index (χ3n) is 3.09. The molecule has 1 heterocycles. The van der Waals surface area contributed by atoms with Crippen molar-refractivity contribution in [2.75, 3.05) is 5.43 Å². The highest BCUT2D eigenvalue weighted by molar-refractivity contribution is 5.95. The van der Waals surface area contributed by atoms with Crippen LogP contribution >= 0.6 is 0 Å². The molecular formula is C14H19N3. The van der Waals surface area contributed by atoms with E-state index < -0.39 is 0 Å². The Balaban J connectivity index is 2.77. The average Bonchev–Trinajstić information content (AvgIpc) is 2.33. The highest BCUT2D eigenvalue weighted by atomic mass is 15.2. The fourth-order valence-electron chi connectivity index (χ4n) is 2.19. The lowest BCUT2D eigenvalue weighted by molar-refractivity contribution is 0.889. The summed E-state index contributed by atoms with van der Waals surface area (Å²) in [5, 5.41) is 1.13. The fourth-order valence-corrected chi connectivity index (χ4v) is 2.19. The van der Waals surface area contributed by atoms with Gasteiger partial charge >= 0.3 is 0 Å². The van der Waals surface area contributed by atoms with E-state index in [1.807, 2.05) is 0 Å². The number of hydrogen-bond acceptors (Lipinski definition) is 3. The van der Waals surface area contributed by atoms with Gasteiger partial charge in [-0.15, -0.1) is 0 Å². The van der Waals surface area contributed by atoms with Crippen molar-refractivity contribution >= 4 is 16.6 Å². The van der Waals surface area contributed by atoms with Gasteiger partial charge < -0.3 is 5.43 Å². The molecule has 0 spiro atoms. The van der Waals surface area contributed by atoms with Crippen molar-refractivity contribution in [1.29, 1.82) is 0 Å². The summed E-state index contributed by atoms with van der Waals surface area (Å²) in [7, 11) is 0. The number of pyridine rings is 1. The van der Waals surface area contributed by atoms with Crippen LogP contribution in [-0.4, -0.2) is 4.98 Å². The average molecular weight is 229 g/mol. The number of benzene rings is 1. The van der Waals surface area contributed by atoms with E-state index in [1.165, 1.54) is 11.1 Å². The summed E-state index contributed by atoms with van der Waals surface area (Å²) >= 11 is 0. The summed E-state index contributed by atoms with van der Waals surface area (Å²) in [6.07, 6.45) is 2.07. The van der Waals surface area contributed by atoms with Gasteiger partial charge in [-0.05, 0) is 37.5 Å². The Morgan fingerprint density at radius 3 is 2.59 bits per heavy atom. The Morgan fingerprint density at radius 1 is 1.24 bits per heavy atom. The third-order valence-corrected chi connectivity index (χ3v) is 3.09. The van der Waals surface area contributed by atoms with E-state index in [4.69, 9.17) is 10.8 Å². The van der Waals surface area contributed by atoms with Crippen molar-refractivity contribution in [3.05, 3.63) is 35.0 Å². The molecule has 0 amide bonds. The van der Waals surface area contributed by atoms with Crippen LogP contribution in [0.5, 0.6) is 0 Å². The summed E-state index contributed by atoms with van der Waals surface area (Å²) in [5.41, 5.74) is 8.32. The first kappa shape index (κ1) is 11.9. The zero-order valence-electron chi connectivity index (χ0n) is 10.7. The Morgan fingerprint density at radius 2 is 1.94 bits per heavy atom. The number of anilines is 1. The molecule has 3 heteroatoms. The topological polar surface area (TPSA) is 50.9 Å². The molecule has 0 aliphatic carbocycles. The molecule has 1 aromatic carbocycles. The van der Waals surface area contributed by atoms with Crippen molar-refractivity contribution in [3.63, 3.8) is 0 Å². The number of nitrogen functional groups attached to an aromatic ring is 1. The van der Waals surface area contributed by atoms with Crippen molar-refractivity contribution in [3.8, 4) is 0 Å². The Bertz CT molecular complexity index is 547. The van der Waals surface area contributed by atoms with Gasteiger partial charge in [0.1, 0.15) is 0 Å². The van der Waals surface area contributed by atoms with Crippen LogP contribution in [-0.2, 0) is 6.42 Å². The van der Waals surface area contributed by atoms with Crippen LogP contribution in [0.25, 0.3) is 10.9 Å². The molecule has 2 aromatic rings. The first-order valence-corrected chi connectivity index (χ1v) is 6.03. The summed E-state index contributed by atoms with van der Waals surface area (Å²) in [4.78, 5) is 4.74. The Kier molecular flexibility index (Phi) is 3.29. The van der Waals surface area contributed by atoms with Gasteiger partial charge in [-0.25, -0.2) is 0 Å². The molecule has 0 bridgehead atoms. The van der Waals surface area contributed by atoms with Crippen molar-refractivity contribution in [2.24, 2.45) is 5.84 Å². The minimum Gasteiger partial charge on any atom is -0.323 e. The number of nitrogens with one attached hydrogen (secondary N) is 1. The van der Waals surface area contributed by atoms with E-state index in [1.54, 1.807) is 0 Å². The number of nitrogens with two attached hydrogens (primary N) is 1. The molecular weight excluding hydrogens is 210 g/mol. The zero-order chi connectivity index (χ0) is 12.4. The van der Waals surface area contributed by atoms with Crippen molar-refractivity contribution in [2.45, 2.75) is 33.6 Å². The summed E-state index contributed by atoms with van der Waals surface area (Å²) < 4.78 is 0. The number of hydrogen-bond donors (Lipinski definition) is 2. The SMILES string of the molecule is CCCc1cc(NN)c2c(C)ccc(C)c2n1. The first-order valence-electron chi connectivity index (χ1n) is 6.03. The molecule has 0 fully saturated rings. The second kappa shape index (κ2) is 4.72. The molecule has 0 atom stereocenters. The number of hydrazine groups is 1. The molecule has 1 aromatic heterocycles. The van der Waals surface area contributed by atoms with Gasteiger partial charge in [0, 0.05) is 11.1 Å². The number of nitrogens with zero attached hydrogens (tertiary/aromatic N) is 1. The number of aryl methyl sites for hydroxylation is 3. The lowest BCUT2D eigenvalue weighted by atomic mass is 10.0. The highest BCUT2D eigenvalue weighted by Gasteiger charge is 2.09. The van der Waals surface area contributed by atoms with Gasteiger partial charge in [0.15, 0.2) is 0 Å². The smallest absolute Gasteiger partial charge is 0.0758 e. The molecule has 0 saturated carbocycles. The van der Waals surface area contributed by atoms with Crippen LogP contribution in [0.15, 0.2) is 18.2 Å². The summed E-state index contributed by atoms with van der Waals surface area (Å²) in [6, 6.07) is 6.28. The predicted octanol–water partition coefficient (Wildman–Crippen LogP) is 3.09. The summed E-state index contributed by atoms with van der Waals surface area (Å²) in [5.74, 6) is 5.62. The van der Waals surface area contributed by atoms with E-state index in [2.05, 4.69) is 44.4 Å². The van der Waals surface area contributed by atoms with E-state index in [-0.39, 0.29) is 0 Å². The molecule has 0 radical (unpaired) electrons. The Hall–Kier alpha value is -1.61. The van der Waals surface area contributed by atoms with Crippen molar-refractivity contribution in [1.82, 2.24) is 4.98 Å². The number of rotatable bonds is 3. The van der Waals surface area contributed by atoms with Gasteiger partial charge in [-0.3, -0.25) is 10.8 Å². The Labute approximate surface area is 102 Å². The minimum atomic E-state index is 0.972. The summed E-state index contributed by atoms with van der Waals surface area (Å²) in [6.45, 7) is 6.33. The maximum absolute atomic E-state index is 5.62. The second-order valence-corrected chi connectivity index (χ2v) is 4.48. The molecule has 2 rings (SSSR count). The monoisotopic (exact) mass is 229 g/mol. The molecule has 0 aliphatic heterocycles. The molecule has 3 N–H and O–H groups in total. The van der Waals surface area contributed by atoms with E-state index in [9.17, 15) is 0 Å². The van der Waals surface area contributed by atoms with Crippen LogP contribution in [0, 0.1) is 13.8 Å². The van der Waals surface area contributed by atoms with Crippen LogP contribution in [0.1, 0.15) is 30.2 Å². The fraction of sp³-hybridized carbons (Fsp3) is 0.357. The molecule has 17 heavy (non-hydrogen) atoms. The van der Waals surface area contributed by atoms with Crippen LogP contribution in [0.2, 0.25) is 0 Å². The lowest BCUT2D eigenvalue weighted by Gasteiger charge is -2.12. The largest absolute Gasteiger partial charge is 0.323 e. The number of fused-ring (bicyclic) bond motifs is 1. The molecule has 3 nitrogen and oxygen atoms in total. The van der Waals surface area contributed by atoms with Gasteiger partial charge in [0.25, 0.3) is 0 Å². The van der Waals surface area contributed by atoms with Crippen LogP contribution in [0.3, 0.4) is 0 Å². The molecule has 0 aliphatic rings. The first-order chi connectivity index (χ1) is 8.17. The van der Waals surface area contributed by atoms with Gasteiger partial charge in [-0.2, -0.15) is 0 Å². The third kappa shape index (κ3) is 2.11. The van der Waals surface area contributed by atoms with E-state index in [0.29, 0.717) is 0 Å². The molecule has 90 valence electrons. The van der Waals surface area contributed by atoms with E-state index >= 15 is 0 Å². The highest BCUT2D eigenvalue weighted by Crippen LogP contribution is 2.28. The standard InChI is InChI=1S/C14H19N3/c1-4-5-11-8-12(17-15)13-9(2)6-7-10(3)14(13)16-11/h6-8H,4-5,15H2,1-3H3,(H,16,17). The van der Waals surface area contributed by atoms with E-state index in [0.717, 1.165) is 35.1 Å². The van der Waals surface area contributed by atoms with Gasteiger partial charge in [-0.1, -0.05) is 25.5 Å². The van der Waals surface area contributed by atoms with Gasteiger partial charge in [0.2, 0.25) is 0 Å². The lowest BCUT2D eigenvalue weighted by Crippen LogP contribution is -2.09. The predicted molar refractivity (Wildman–Crippen MR) is 73.0 cm³/mol. The normalized spacial score (nSPS) is 10.8. The molecule has 0 saturated heterocycles. The minimum absolute atomic E-state index is 0.972. The van der Waals surface area contributed by atoms with Crippen LogP contribution < -0.4 is 11.3 Å². The van der Waals surface area contributed by atoms with Gasteiger partial charge in [0.05, 0.1) is 11.2 Å². The quantitative estimate of drug-likeness (QED) is 0.628. The maximum atomic E-state index is 5.62. The second-order valence-electron chi connectivity index (χ2n) is 4.48. The molecule has 0 unspecified atom stereocenters. The van der Waals surface area contributed by atoms with Crippen LogP contribution in [0.4, 0.5) is 5.69 Å².